The second-order valence-electron chi connectivity index (χ2n) is 9.86. The fraction of sp³-hybridized carbons (Fsp3) is 0.654. The van der Waals surface area contributed by atoms with Gasteiger partial charge in [-0.05, 0) is 30.9 Å². The van der Waals surface area contributed by atoms with Gasteiger partial charge < -0.3 is 15.1 Å². The van der Waals surface area contributed by atoms with Crippen molar-refractivity contribution in [1.82, 2.24) is 24.5 Å². The number of hydrogen-bond donors (Lipinski definition) is 1. The Hall–Kier alpha value is -2.49. The topological polar surface area (TPSA) is 79.4 Å². The highest BCUT2D eigenvalue weighted by Gasteiger charge is 2.27. The lowest BCUT2D eigenvalue weighted by Gasteiger charge is -2.38. The Kier molecular flexibility index (Phi) is 9.12. The molecule has 0 spiro atoms. The molecule has 3 amide bonds. The second-order valence-corrected chi connectivity index (χ2v) is 9.86. The fourth-order valence-corrected chi connectivity index (χ4v) is 5.15. The minimum atomic E-state index is -0.00763. The molecular formula is C26H40N6O3. The molecule has 0 atom stereocenters. The summed E-state index contributed by atoms with van der Waals surface area (Å²) >= 11 is 0. The average Bonchev–Trinajstić information content (AvgIpc) is 3.41. The molecule has 9 heteroatoms. The van der Waals surface area contributed by atoms with Gasteiger partial charge >= 0.3 is 0 Å². The van der Waals surface area contributed by atoms with Crippen LogP contribution in [0.1, 0.15) is 25.3 Å². The summed E-state index contributed by atoms with van der Waals surface area (Å²) in [5.41, 5.74) is 2.02. The van der Waals surface area contributed by atoms with E-state index in [-0.39, 0.29) is 17.7 Å². The molecule has 3 saturated heterocycles. The first-order valence-electron chi connectivity index (χ1n) is 13.1. The summed E-state index contributed by atoms with van der Waals surface area (Å²) in [7, 11) is 0. The van der Waals surface area contributed by atoms with Gasteiger partial charge in [-0.15, -0.1) is 0 Å². The van der Waals surface area contributed by atoms with Crippen molar-refractivity contribution in [2.45, 2.75) is 26.2 Å². The fourth-order valence-electron chi connectivity index (χ4n) is 5.15. The quantitative estimate of drug-likeness (QED) is 0.581. The van der Waals surface area contributed by atoms with Crippen molar-refractivity contribution in [3.05, 3.63) is 29.8 Å². The number of piperazine rings is 2. The Balaban J connectivity index is 1.13. The predicted octanol–water partition coefficient (Wildman–Crippen LogP) is 0.572. The maximum Gasteiger partial charge on any atom is 0.238 e. The summed E-state index contributed by atoms with van der Waals surface area (Å²) in [6.07, 6.45) is 3.12. The van der Waals surface area contributed by atoms with E-state index >= 15 is 0 Å². The third kappa shape index (κ3) is 7.25. The number of aryl methyl sites for hydroxylation is 1. The molecule has 0 unspecified atom stereocenters. The van der Waals surface area contributed by atoms with E-state index in [2.05, 4.69) is 26.9 Å². The standard InChI is InChI=1S/C26H40N6O3/c1-2-22-7-3-4-8-23(22)27-24(33)19-28-15-17-32(18-16-28)26(35)21-30-13-11-29(12-14-30)20-25(34)31-9-5-6-10-31/h3-4,7-8H,2,5-6,9-21H2,1H3,(H,27,33). The summed E-state index contributed by atoms with van der Waals surface area (Å²) in [6.45, 7) is 11.2. The molecule has 192 valence electrons. The summed E-state index contributed by atoms with van der Waals surface area (Å²) in [5, 5.41) is 3.03. The highest BCUT2D eigenvalue weighted by molar-refractivity contribution is 5.93. The van der Waals surface area contributed by atoms with Crippen LogP contribution in [0.4, 0.5) is 5.69 Å². The Morgan fingerprint density at radius 3 is 1.74 bits per heavy atom. The highest BCUT2D eigenvalue weighted by atomic mass is 16.2. The van der Waals surface area contributed by atoms with Gasteiger partial charge in [0.1, 0.15) is 0 Å². The first-order chi connectivity index (χ1) is 17.0. The number of hydrogen-bond acceptors (Lipinski definition) is 6. The van der Waals surface area contributed by atoms with Crippen LogP contribution in [-0.2, 0) is 20.8 Å². The third-order valence-corrected chi connectivity index (χ3v) is 7.41. The van der Waals surface area contributed by atoms with Crippen molar-refractivity contribution >= 4 is 23.4 Å². The minimum Gasteiger partial charge on any atom is -0.342 e. The van der Waals surface area contributed by atoms with Crippen molar-refractivity contribution in [1.29, 1.82) is 0 Å². The van der Waals surface area contributed by atoms with Gasteiger partial charge in [-0.25, -0.2) is 0 Å². The lowest BCUT2D eigenvalue weighted by molar-refractivity contribution is -0.136. The van der Waals surface area contributed by atoms with Gasteiger partial charge in [-0.2, -0.15) is 0 Å². The Labute approximate surface area is 209 Å². The Morgan fingerprint density at radius 2 is 1.17 bits per heavy atom. The van der Waals surface area contributed by atoms with Gasteiger partial charge in [-0.3, -0.25) is 29.1 Å². The van der Waals surface area contributed by atoms with E-state index in [0.717, 1.165) is 69.8 Å². The molecular weight excluding hydrogens is 444 g/mol. The van der Waals surface area contributed by atoms with Crippen LogP contribution in [0.3, 0.4) is 0 Å². The van der Waals surface area contributed by atoms with Gasteiger partial charge in [0.2, 0.25) is 17.7 Å². The number of nitrogens with one attached hydrogen (secondary N) is 1. The van der Waals surface area contributed by atoms with E-state index < -0.39 is 0 Å². The molecule has 0 aliphatic carbocycles. The lowest BCUT2D eigenvalue weighted by atomic mass is 10.1. The lowest BCUT2D eigenvalue weighted by Crippen LogP contribution is -2.55. The van der Waals surface area contributed by atoms with Gasteiger partial charge in [-0.1, -0.05) is 25.1 Å². The molecule has 3 fully saturated rings. The van der Waals surface area contributed by atoms with Crippen molar-refractivity contribution in [3.8, 4) is 0 Å². The van der Waals surface area contributed by atoms with Crippen LogP contribution in [0.15, 0.2) is 24.3 Å². The number of rotatable bonds is 8. The normalized spacial score (nSPS) is 20.3. The summed E-state index contributed by atoms with van der Waals surface area (Å²) in [6, 6.07) is 7.90. The molecule has 0 bridgehead atoms. The molecule has 9 nitrogen and oxygen atoms in total. The summed E-state index contributed by atoms with van der Waals surface area (Å²) < 4.78 is 0. The summed E-state index contributed by atoms with van der Waals surface area (Å²) in [5.74, 6) is 0.396. The van der Waals surface area contributed by atoms with Crippen LogP contribution in [0.2, 0.25) is 0 Å². The smallest absolute Gasteiger partial charge is 0.238 e. The monoisotopic (exact) mass is 484 g/mol. The van der Waals surface area contributed by atoms with Gasteiger partial charge in [0.25, 0.3) is 0 Å². The predicted molar refractivity (Wildman–Crippen MR) is 136 cm³/mol. The number of amides is 3. The number of benzene rings is 1. The average molecular weight is 485 g/mol. The molecule has 1 aromatic rings. The maximum absolute atomic E-state index is 12.9. The maximum atomic E-state index is 12.9. The molecule has 0 saturated carbocycles. The number of carbonyl (C=O) groups is 3. The van der Waals surface area contributed by atoms with Gasteiger partial charge in [0.15, 0.2) is 0 Å². The number of para-hydroxylation sites is 1. The molecule has 1 N–H and O–H groups in total. The highest BCUT2D eigenvalue weighted by Crippen LogP contribution is 2.15. The molecule has 35 heavy (non-hydrogen) atoms. The first kappa shape index (κ1) is 25.6. The number of likely N-dealkylation sites (tertiary alicyclic amines) is 1. The Bertz CT molecular complexity index is 872. The van der Waals surface area contributed by atoms with E-state index in [1.54, 1.807) is 0 Å². The zero-order valence-electron chi connectivity index (χ0n) is 21.1. The van der Waals surface area contributed by atoms with Crippen molar-refractivity contribution < 1.29 is 14.4 Å². The molecule has 0 aromatic heterocycles. The third-order valence-electron chi connectivity index (χ3n) is 7.41. The van der Waals surface area contributed by atoms with Crippen LogP contribution in [0.5, 0.6) is 0 Å². The molecule has 1 aromatic carbocycles. The second kappa shape index (κ2) is 12.5. The van der Waals surface area contributed by atoms with Gasteiger partial charge in [0, 0.05) is 71.1 Å². The van der Waals surface area contributed by atoms with E-state index in [1.165, 1.54) is 0 Å². The minimum absolute atomic E-state index is 0.00763. The summed E-state index contributed by atoms with van der Waals surface area (Å²) in [4.78, 5) is 48.2. The van der Waals surface area contributed by atoms with Crippen LogP contribution < -0.4 is 5.32 Å². The zero-order chi connectivity index (χ0) is 24.6. The van der Waals surface area contributed by atoms with Crippen LogP contribution >= 0.6 is 0 Å². The van der Waals surface area contributed by atoms with Crippen LogP contribution in [0, 0.1) is 0 Å². The molecule has 4 rings (SSSR count). The molecule has 3 aliphatic heterocycles. The number of nitrogens with zero attached hydrogens (tertiary/aromatic N) is 5. The van der Waals surface area contributed by atoms with Crippen LogP contribution in [0.25, 0.3) is 0 Å². The van der Waals surface area contributed by atoms with E-state index in [1.807, 2.05) is 34.1 Å². The zero-order valence-corrected chi connectivity index (χ0v) is 21.1. The van der Waals surface area contributed by atoms with Crippen LogP contribution in [-0.4, -0.2) is 127 Å². The van der Waals surface area contributed by atoms with Crippen molar-refractivity contribution in [3.63, 3.8) is 0 Å². The number of carbonyl (C=O) groups excluding carboxylic acids is 3. The Morgan fingerprint density at radius 1 is 0.686 bits per heavy atom. The number of anilines is 1. The van der Waals surface area contributed by atoms with Gasteiger partial charge in [0.05, 0.1) is 19.6 Å². The van der Waals surface area contributed by atoms with E-state index in [0.29, 0.717) is 45.8 Å². The van der Waals surface area contributed by atoms with E-state index in [9.17, 15) is 14.4 Å². The van der Waals surface area contributed by atoms with E-state index in [4.69, 9.17) is 0 Å². The van der Waals surface area contributed by atoms with Crippen molar-refractivity contribution in [2.24, 2.45) is 0 Å². The van der Waals surface area contributed by atoms with Crippen molar-refractivity contribution in [2.75, 3.05) is 90.4 Å². The molecule has 3 heterocycles. The molecule has 3 aliphatic rings. The SMILES string of the molecule is CCc1ccccc1NC(=O)CN1CCN(C(=O)CN2CCN(CC(=O)N3CCCC3)CC2)CC1. The first-order valence-corrected chi connectivity index (χ1v) is 13.1. The largest absolute Gasteiger partial charge is 0.342 e. The molecule has 0 radical (unpaired) electrons.